The number of hydrogen-bond donors (Lipinski definition) is 2. The quantitative estimate of drug-likeness (QED) is 0.817. The molecule has 0 aliphatic carbocycles. The van der Waals surface area contributed by atoms with Gasteiger partial charge in [0.2, 0.25) is 0 Å². The molecule has 17 heavy (non-hydrogen) atoms. The molecule has 1 amide bonds. The topological polar surface area (TPSA) is 63.2 Å². The predicted octanol–water partition coefficient (Wildman–Crippen LogP) is 2.00. The molecule has 92 valence electrons. The van der Waals surface area contributed by atoms with Gasteiger partial charge in [0.05, 0.1) is 16.3 Å². The molecule has 5 nitrogen and oxygen atoms in total. The number of hydroxylamine groups is 1. The fraction of sp³-hybridized carbons (Fsp3) is 0.250. The van der Waals surface area contributed by atoms with Crippen LogP contribution in [-0.2, 0) is 11.0 Å². The Labute approximate surface area is 97.9 Å². The van der Waals surface area contributed by atoms with Gasteiger partial charge >= 0.3 is 12.3 Å². The zero-order valence-electron chi connectivity index (χ0n) is 8.01. The van der Waals surface area contributed by atoms with Gasteiger partial charge in [-0.05, 0) is 6.07 Å². The number of nitrogens with one attached hydrogen (secondary N) is 2. The van der Waals surface area contributed by atoms with Crippen molar-refractivity contribution in [2.45, 2.75) is 12.3 Å². The number of nitrogens with zero attached hydrogens (tertiary/aromatic N) is 1. The molecule has 0 saturated carbocycles. The van der Waals surface area contributed by atoms with Gasteiger partial charge in [-0.25, -0.2) is 4.79 Å². The Bertz CT molecular complexity index is 466. The minimum absolute atomic E-state index is 0.0468. The molecule has 0 spiro atoms. The minimum atomic E-state index is -4.52. The Morgan fingerprint density at radius 2 is 2.18 bits per heavy atom. The van der Waals surface area contributed by atoms with E-state index < -0.39 is 24.0 Å². The summed E-state index contributed by atoms with van der Waals surface area (Å²) in [4.78, 5) is 18.6. The smallest absolute Gasteiger partial charge is 0.351 e. The largest absolute Gasteiger partial charge is 0.427 e. The van der Waals surface area contributed by atoms with Crippen molar-refractivity contribution in [2.24, 2.45) is 0 Å². The fourth-order valence-electron chi connectivity index (χ4n) is 1.23. The van der Waals surface area contributed by atoms with Crippen LogP contribution in [0.4, 0.5) is 18.0 Å². The fourth-order valence-corrected chi connectivity index (χ4v) is 1.50. The van der Waals surface area contributed by atoms with E-state index in [1.165, 1.54) is 0 Å². The maximum atomic E-state index is 12.3. The highest BCUT2D eigenvalue weighted by molar-refractivity contribution is 6.31. The van der Waals surface area contributed by atoms with Crippen molar-refractivity contribution in [3.8, 4) is 0 Å². The molecule has 1 aliphatic rings. The van der Waals surface area contributed by atoms with Gasteiger partial charge in [-0.3, -0.25) is 10.3 Å². The summed E-state index contributed by atoms with van der Waals surface area (Å²) in [6, 6.07) is 0.732. The lowest BCUT2D eigenvalue weighted by atomic mass is 10.2. The number of carbonyl (C=O) groups excluding carboxylic acids is 1. The first kappa shape index (κ1) is 11.9. The number of alkyl halides is 3. The van der Waals surface area contributed by atoms with E-state index in [1.807, 2.05) is 0 Å². The second kappa shape index (κ2) is 4.04. The van der Waals surface area contributed by atoms with E-state index in [-0.39, 0.29) is 10.7 Å². The average molecular weight is 268 g/mol. The number of carbonyl (C=O) groups is 1. The molecule has 2 heterocycles. The minimum Gasteiger partial charge on any atom is -0.351 e. The van der Waals surface area contributed by atoms with E-state index in [2.05, 4.69) is 20.6 Å². The first-order valence-corrected chi connectivity index (χ1v) is 4.71. The van der Waals surface area contributed by atoms with Gasteiger partial charge in [0.25, 0.3) is 0 Å². The third-order valence-electron chi connectivity index (χ3n) is 2.00. The number of aromatic nitrogens is 1. The Kier molecular flexibility index (Phi) is 2.84. The van der Waals surface area contributed by atoms with Crippen LogP contribution in [0.15, 0.2) is 12.3 Å². The zero-order valence-corrected chi connectivity index (χ0v) is 8.76. The summed E-state index contributed by atoms with van der Waals surface area (Å²) in [5.41, 5.74) is 1.32. The maximum absolute atomic E-state index is 12.3. The van der Waals surface area contributed by atoms with Gasteiger partial charge in [0, 0.05) is 6.20 Å². The molecule has 0 bridgehead atoms. The lowest BCUT2D eigenvalue weighted by Gasteiger charge is -2.11. The van der Waals surface area contributed by atoms with Crippen LogP contribution in [0.25, 0.3) is 0 Å². The maximum Gasteiger partial charge on any atom is 0.427 e. The van der Waals surface area contributed by atoms with Gasteiger partial charge in [0.1, 0.15) is 0 Å². The second-order valence-electron chi connectivity index (χ2n) is 3.17. The third-order valence-corrected chi connectivity index (χ3v) is 2.30. The van der Waals surface area contributed by atoms with Gasteiger partial charge < -0.3 is 4.84 Å². The van der Waals surface area contributed by atoms with Crippen LogP contribution in [0.1, 0.15) is 17.4 Å². The first-order chi connectivity index (χ1) is 7.88. The number of hydrogen-bond acceptors (Lipinski definition) is 4. The normalized spacial score (nSPS) is 20.0. The average Bonchev–Trinajstić information content (AvgIpc) is 2.63. The zero-order chi connectivity index (χ0) is 12.6. The summed E-state index contributed by atoms with van der Waals surface area (Å²) < 4.78 is 37.0. The molecule has 2 N–H and O–H groups in total. The molecule has 1 saturated heterocycles. The van der Waals surface area contributed by atoms with Gasteiger partial charge in [-0.2, -0.15) is 13.2 Å². The van der Waals surface area contributed by atoms with E-state index in [0.717, 1.165) is 6.07 Å². The summed E-state index contributed by atoms with van der Waals surface area (Å²) in [6.07, 6.45) is -5.50. The van der Waals surface area contributed by atoms with Crippen LogP contribution in [-0.4, -0.2) is 11.1 Å². The van der Waals surface area contributed by atoms with Crippen LogP contribution >= 0.6 is 11.6 Å². The molecule has 1 aromatic rings. The van der Waals surface area contributed by atoms with Crippen molar-refractivity contribution in [1.82, 2.24) is 15.8 Å². The Morgan fingerprint density at radius 1 is 1.47 bits per heavy atom. The van der Waals surface area contributed by atoms with Crippen LogP contribution in [0.2, 0.25) is 5.02 Å². The van der Waals surface area contributed by atoms with Crippen LogP contribution in [0.5, 0.6) is 0 Å². The van der Waals surface area contributed by atoms with Gasteiger partial charge in [-0.1, -0.05) is 11.6 Å². The molecule has 0 radical (unpaired) electrons. The highest BCUT2D eigenvalue weighted by atomic mass is 35.5. The van der Waals surface area contributed by atoms with Crippen molar-refractivity contribution in [3.05, 3.63) is 28.5 Å². The Morgan fingerprint density at radius 3 is 2.65 bits per heavy atom. The van der Waals surface area contributed by atoms with Crippen molar-refractivity contribution in [3.63, 3.8) is 0 Å². The summed E-state index contributed by atoms with van der Waals surface area (Å²) in [7, 11) is 0. The van der Waals surface area contributed by atoms with E-state index in [1.54, 1.807) is 0 Å². The van der Waals surface area contributed by atoms with Crippen molar-refractivity contribution >= 4 is 17.7 Å². The van der Waals surface area contributed by atoms with Crippen LogP contribution in [0.3, 0.4) is 0 Å². The number of rotatable bonds is 1. The molecule has 1 aromatic heterocycles. The first-order valence-electron chi connectivity index (χ1n) is 4.33. The van der Waals surface area contributed by atoms with E-state index >= 15 is 0 Å². The van der Waals surface area contributed by atoms with E-state index in [4.69, 9.17) is 11.6 Å². The summed E-state index contributed by atoms with van der Waals surface area (Å²) in [5, 5.41) is 2.05. The molecular formula is C8H5ClF3N3O2. The summed E-state index contributed by atoms with van der Waals surface area (Å²) in [5.74, 6) is 0. The highest BCUT2D eigenvalue weighted by Crippen LogP contribution is 2.32. The van der Waals surface area contributed by atoms with E-state index in [0.29, 0.717) is 6.20 Å². The van der Waals surface area contributed by atoms with Gasteiger partial charge in [-0.15, -0.1) is 5.48 Å². The summed E-state index contributed by atoms with van der Waals surface area (Å²) in [6.45, 7) is 0. The number of amides is 1. The van der Waals surface area contributed by atoms with Crippen molar-refractivity contribution in [2.75, 3.05) is 0 Å². The standard InChI is InChI=1S/C8H5ClF3N3O2/c9-4-1-3(8(10,11)12)2-13-5(4)6-14-7(16)17-15-6/h1-2,6,15H,(H,14,16). The van der Waals surface area contributed by atoms with Crippen LogP contribution in [0, 0.1) is 0 Å². The third kappa shape index (κ3) is 2.42. The Hall–Kier alpha value is -1.54. The highest BCUT2D eigenvalue weighted by Gasteiger charge is 2.33. The summed E-state index contributed by atoms with van der Waals surface area (Å²) >= 11 is 5.65. The predicted molar refractivity (Wildman–Crippen MR) is 49.7 cm³/mol. The van der Waals surface area contributed by atoms with Crippen molar-refractivity contribution < 1.29 is 22.8 Å². The van der Waals surface area contributed by atoms with E-state index in [9.17, 15) is 18.0 Å². The van der Waals surface area contributed by atoms with Gasteiger partial charge in [0.15, 0.2) is 6.17 Å². The van der Waals surface area contributed by atoms with Crippen LogP contribution < -0.4 is 10.8 Å². The lowest BCUT2D eigenvalue weighted by Crippen LogP contribution is -2.24. The molecule has 1 unspecified atom stereocenters. The lowest BCUT2D eigenvalue weighted by molar-refractivity contribution is -0.137. The number of pyridine rings is 1. The molecule has 1 aliphatic heterocycles. The Balaban J connectivity index is 2.29. The van der Waals surface area contributed by atoms with Crippen molar-refractivity contribution in [1.29, 1.82) is 0 Å². The number of halogens is 4. The monoisotopic (exact) mass is 267 g/mol. The molecule has 2 rings (SSSR count). The SMILES string of the molecule is O=C1NC(c2ncc(C(F)(F)F)cc2Cl)NO1. The molecule has 1 atom stereocenters. The molecule has 1 fully saturated rings. The second-order valence-corrected chi connectivity index (χ2v) is 3.58. The molecular weight excluding hydrogens is 263 g/mol. The molecule has 0 aromatic carbocycles. The molecule has 9 heteroatoms.